The Morgan fingerprint density at radius 1 is 1.14 bits per heavy atom. The summed E-state index contributed by atoms with van der Waals surface area (Å²) in [5, 5.41) is 3.13. The summed E-state index contributed by atoms with van der Waals surface area (Å²) in [6.45, 7) is 4.88. The molecule has 0 aromatic heterocycles. The molecule has 0 aliphatic rings. The van der Waals surface area contributed by atoms with Crippen LogP contribution in [0.2, 0.25) is 0 Å². The first-order chi connectivity index (χ1) is 9.93. The van der Waals surface area contributed by atoms with Gasteiger partial charge in [0, 0.05) is 16.4 Å². The SMILES string of the molecule is CC(C)(Cc1ccc(Br)cc1)NC(=O)CCCCCCN.Cl. The molecule has 0 unspecified atom stereocenters. The van der Waals surface area contributed by atoms with Crippen LogP contribution in [-0.2, 0) is 11.2 Å². The van der Waals surface area contributed by atoms with E-state index in [-0.39, 0.29) is 23.9 Å². The summed E-state index contributed by atoms with van der Waals surface area (Å²) in [6, 6.07) is 8.24. The van der Waals surface area contributed by atoms with Crippen molar-refractivity contribution in [2.24, 2.45) is 5.73 Å². The normalized spacial score (nSPS) is 10.9. The Labute approximate surface area is 149 Å². The van der Waals surface area contributed by atoms with Gasteiger partial charge in [-0.1, -0.05) is 40.9 Å². The molecule has 3 nitrogen and oxygen atoms in total. The lowest BCUT2D eigenvalue weighted by molar-refractivity contribution is -0.122. The van der Waals surface area contributed by atoms with Crippen molar-refractivity contribution in [2.45, 2.75) is 57.9 Å². The fourth-order valence-corrected chi connectivity index (χ4v) is 2.64. The summed E-state index contributed by atoms with van der Waals surface area (Å²) in [4.78, 5) is 12.0. The quantitative estimate of drug-likeness (QED) is 0.619. The number of nitrogens with one attached hydrogen (secondary N) is 1. The Morgan fingerprint density at radius 3 is 2.32 bits per heavy atom. The summed E-state index contributed by atoms with van der Waals surface area (Å²) < 4.78 is 1.07. The van der Waals surface area contributed by atoms with Gasteiger partial charge >= 0.3 is 0 Å². The van der Waals surface area contributed by atoms with Crippen LogP contribution in [0.15, 0.2) is 28.7 Å². The van der Waals surface area contributed by atoms with Crippen LogP contribution in [0.3, 0.4) is 0 Å². The highest BCUT2D eigenvalue weighted by molar-refractivity contribution is 9.10. The summed E-state index contributed by atoms with van der Waals surface area (Å²) in [5.74, 6) is 0.143. The van der Waals surface area contributed by atoms with E-state index in [2.05, 4.69) is 47.2 Å². The lowest BCUT2D eigenvalue weighted by Crippen LogP contribution is -2.45. The van der Waals surface area contributed by atoms with Gasteiger partial charge in [0.15, 0.2) is 0 Å². The second kappa shape index (κ2) is 11.0. The van der Waals surface area contributed by atoms with Crippen molar-refractivity contribution in [3.8, 4) is 0 Å². The van der Waals surface area contributed by atoms with Crippen molar-refractivity contribution in [1.29, 1.82) is 0 Å². The maximum atomic E-state index is 12.0. The topological polar surface area (TPSA) is 55.1 Å². The summed E-state index contributed by atoms with van der Waals surface area (Å²) in [6.07, 6.45) is 5.63. The minimum Gasteiger partial charge on any atom is -0.351 e. The molecule has 0 bridgehead atoms. The number of carbonyl (C=O) groups excluding carboxylic acids is 1. The molecule has 0 aliphatic heterocycles. The number of hydrogen-bond donors (Lipinski definition) is 2. The molecule has 0 fully saturated rings. The average molecular weight is 392 g/mol. The minimum atomic E-state index is -0.220. The highest BCUT2D eigenvalue weighted by atomic mass is 79.9. The maximum absolute atomic E-state index is 12.0. The Hall–Kier alpha value is -0.580. The number of carbonyl (C=O) groups is 1. The number of benzene rings is 1. The van der Waals surface area contributed by atoms with Crippen molar-refractivity contribution in [1.82, 2.24) is 5.32 Å². The van der Waals surface area contributed by atoms with Crippen LogP contribution in [0.1, 0.15) is 51.5 Å². The van der Waals surface area contributed by atoms with Gasteiger partial charge in [0.2, 0.25) is 5.91 Å². The summed E-state index contributed by atoms with van der Waals surface area (Å²) >= 11 is 3.43. The number of rotatable bonds is 9. The molecule has 1 amide bonds. The van der Waals surface area contributed by atoms with Crippen molar-refractivity contribution in [3.63, 3.8) is 0 Å². The third-order valence-corrected chi connectivity index (χ3v) is 3.92. The Balaban J connectivity index is 0.00000441. The van der Waals surface area contributed by atoms with Gasteiger partial charge in [-0.05, 0) is 57.4 Å². The lowest BCUT2D eigenvalue weighted by atomic mass is 9.94. The predicted octanol–water partition coefficient (Wildman–Crippen LogP) is 4.22. The summed E-state index contributed by atoms with van der Waals surface area (Å²) in [5.41, 5.74) is 6.46. The molecular weight excluding hydrogens is 364 g/mol. The molecule has 0 heterocycles. The van der Waals surface area contributed by atoms with Crippen LogP contribution in [0.5, 0.6) is 0 Å². The standard InChI is InChI=1S/C17H27BrN2O.ClH/c1-17(2,13-14-8-10-15(18)11-9-14)20-16(21)7-5-3-4-6-12-19;/h8-11H,3-7,12-13,19H2,1-2H3,(H,20,21);1H. The van der Waals surface area contributed by atoms with E-state index in [9.17, 15) is 4.79 Å². The van der Waals surface area contributed by atoms with Gasteiger partial charge < -0.3 is 11.1 Å². The van der Waals surface area contributed by atoms with Crippen LogP contribution in [0.25, 0.3) is 0 Å². The van der Waals surface area contributed by atoms with Crippen molar-refractivity contribution >= 4 is 34.2 Å². The van der Waals surface area contributed by atoms with Crippen LogP contribution in [0.4, 0.5) is 0 Å². The third-order valence-electron chi connectivity index (χ3n) is 3.40. The molecule has 1 aromatic carbocycles. The zero-order valence-corrected chi connectivity index (χ0v) is 15.9. The monoisotopic (exact) mass is 390 g/mol. The minimum absolute atomic E-state index is 0. The van der Waals surface area contributed by atoms with Crippen LogP contribution in [0, 0.1) is 0 Å². The van der Waals surface area contributed by atoms with Crippen molar-refractivity contribution in [3.05, 3.63) is 34.3 Å². The van der Waals surface area contributed by atoms with E-state index in [1.807, 2.05) is 12.1 Å². The average Bonchev–Trinajstić information content (AvgIpc) is 2.40. The first-order valence-electron chi connectivity index (χ1n) is 7.68. The van der Waals surface area contributed by atoms with E-state index >= 15 is 0 Å². The van der Waals surface area contributed by atoms with E-state index in [4.69, 9.17) is 5.73 Å². The first kappa shape index (κ1) is 21.4. The number of hydrogen-bond acceptors (Lipinski definition) is 2. The van der Waals surface area contributed by atoms with Gasteiger partial charge in [-0.3, -0.25) is 4.79 Å². The number of amides is 1. The molecule has 5 heteroatoms. The molecule has 0 radical (unpaired) electrons. The Bertz CT molecular complexity index is 435. The molecule has 0 aliphatic carbocycles. The van der Waals surface area contributed by atoms with E-state index in [1.54, 1.807) is 0 Å². The van der Waals surface area contributed by atoms with Gasteiger partial charge in [0.05, 0.1) is 0 Å². The third kappa shape index (κ3) is 9.44. The second-order valence-corrected chi connectivity index (χ2v) is 7.10. The molecular formula is C17H28BrClN2O. The first-order valence-corrected chi connectivity index (χ1v) is 8.48. The Morgan fingerprint density at radius 2 is 1.73 bits per heavy atom. The zero-order chi connectivity index (χ0) is 15.7. The molecule has 22 heavy (non-hydrogen) atoms. The van der Waals surface area contributed by atoms with Crippen LogP contribution in [-0.4, -0.2) is 18.0 Å². The number of unbranched alkanes of at least 4 members (excludes halogenated alkanes) is 3. The lowest BCUT2D eigenvalue weighted by Gasteiger charge is -2.26. The number of halogens is 2. The predicted molar refractivity (Wildman–Crippen MR) is 99.5 cm³/mol. The molecule has 1 aromatic rings. The Kier molecular flexibility index (Phi) is 10.7. The van der Waals surface area contributed by atoms with Gasteiger partial charge in [-0.2, -0.15) is 0 Å². The van der Waals surface area contributed by atoms with Crippen LogP contribution >= 0.6 is 28.3 Å². The fraction of sp³-hybridized carbons (Fsp3) is 0.588. The van der Waals surface area contributed by atoms with Gasteiger partial charge in [0.1, 0.15) is 0 Å². The fourth-order valence-electron chi connectivity index (χ4n) is 2.38. The summed E-state index contributed by atoms with van der Waals surface area (Å²) in [7, 11) is 0. The molecule has 1 rings (SSSR count). The van der Waals surface area contributed by atoms with Gasteiger partial charge in [0.25, 0.3) is 0 Å². The molecule has 0 spiro atoms. The van der Waals surface area contributed by atoms with Crippen molar-refractivity contribution in [2.75, 3.05) is 6.54 Å². The van der Waals surface area contributed by atoms with E-state index in [0.29, 0.717) is 6.42 Å². The molecule has 3 N–H and O–H groups in total. The molecule has 0 atom stereocenters. The second-order valence-electron chi connectivity index (χ2n) is 6.19. The van der Waals surface area contributed by atoms with Gasteiger partial charge in [-0.15, -0.1) is 12.4 Å². The van der Waals surface area contributed by atoms with Crippen LogP contribution < -0.4 is 11.1 Å². The largest absolute Gasteiger partial charge is 0.351 e. The van der Waals surface area contributed by atoms with E-state index in [0.717, 1.165) is 43.1 Å². The van der Waals surface area contributed by atoms with Gasteiger partial charge in [-0.25, -0.2) is 0 Å². The number of nitrogens with two attached hydrogens (primary N) is 1. The molecule has 126 valence electrons. The molecule has 0 saturated heterocycles. The van der Waals surface area contributed by atoms with E-state index in [1.165, 1.54) is 5.56 Å². The van der Waals surface area contributed by atoms with Crippen molar-refractivity contribution < 1.29 is 4.79 Å². The molecule has 0 saturated carbocycles. The highest BCUT2D eigenvalue weighted by Crippen LogP contribution is 2.16. The smallest absolute Gasteiger partial charge is 0.220 e. The maximum Gasteiger partial charge on any atom is 0.220 e. The van der Waals surface area contributed by atoms with E-state index < -0.39 is 0 Å². The zero-order valence-electron chi connectivity index (χ0n) is 13.5. The highest BCUT2D eigenvalue weighted by Gasteiger charge is 2.20.